The fourth-order valence-electron chi connectivity index (χ4n) is 3.77. The molecule has 0 radical (unpaired) electrons. The number of carbonyl (C=O) groups is 1. The minimum atomic E-state index is 0.321. The Kier molecular flexibility index (Phi) is 3.57. The average Bonchev–Trinajstić information content (AvgIpc) is 3.18. The molecule has 1 aliphatic heterocycles. The molecule has 0 aromatic rings. The molecule has 1 heterocycles. The van der Waals surface area contributed by atoms with Gasteiger partial charge in [-0.05, 0) is 31.7 Å². The summed E-state index contributed by atoms with van der Waals surface area (Å²) in [5.74, 6) is 2.21. The Morgan fingerprint density at radius 2 is 2.11 bits per heavy atom. The van der Waals surface area contributed by atoms with E-state index >= 15 is 0 Å². The third kappa shape index (κ3) is 2.54. The van der Waals surface area contributed by atoms with Gasteiger partial charge in [0.2, 0.25) is 5.91 Å². The lowest BCUT2D eigenvalue weighted by Gasteiger charge is -2.34. The predicted molar refractivity (Wildman–Crippen MR) is 71.3 cm³/mol. The average molecular weight is 251 g/mol. The molecule has 18 heavy (non-hydrogen) atoms. The third-order valence-electron chi connectivity index (χ3n) is 4.97. The van der Waals surface area contributed by atoms with E-state index in [0.29, 0.717) is 18.5 Å². The molecular weight excluding hydrogens is 226 g/mol. The van der Waals surface area contributed by atoms with E-state index in [-0.39, 0.29) is 0 Å². The van der Waals surface area contributed by atoms with Gasteiger partial charge in [0.25, 0.3) is 0 Å². The summed E-state index contributed by atoms with van der Waals surface area (Å²) in [6.07, 6.45) is 5.50. The van der Waals surface area contributed by atoms with Gasteiger partial charge in [-0.25, -0.2) is 0 Å². The van der Waals surface area contributed by atoms with Crippen LogP contribution in [0.5, 0.6) is 0 Å². The summed E-state index contributed by atoms with van der Waals surface area (Å²) in [5.41, 5.74) is 0. The van der Waals surface area contributed by atoms with Gasteiger partial charge in [-0.2, -0.15) is 0 Å². The standard InChI is InChI=1S/C14H25N3O/c1-16(13-4-2-3-11-9-12(11)13)10-14(18)17-7-5-15-6-8-17/h11-13,15H,2-10H2,1H3. The molecule has 2 saturated carbocycles. The summed E-state index contributed by atoms with van der Waals surface area (Å²) >= 11 is 0. The van der Waals surface area contributed by atoms with Crippen LogP contribution in [0.25, 0.3) is 0 Å². The van der Waals surface area contributed by atoms with Crippen molar-refractivity contribution in [2.75, 3.05) is 39.8 Å². The highest BCUT2D eigenvalue weighted by Crippen LogP contribution is 2.50. The maximum absolute atomic E-state index is 12.2. The van der Waals surface area contributed by atoms with Crippen LogP contribution >= 0.6 is 0 Å². The molecule has 0 aromatic carbocycles. The molecule has 102 valence electrons. The van der Waals surface area contributed by atoms with Crippen molar-refractivity contribution in [3.8, 4) is 0 Å². The van der Waals surface area contributed by atoms with Crippen LogP contribution < -0.4 is 5.32 Å². The highest BCUT2D eigenvalue weighted by Gasteiger charge is 2.46. The number of amides is 1. The summed E-state index contributed by atoms with van der Waals surface area (Å²) in [5, 5.41) is 3.29. The van der Waals surface area contributed by atoms with Gasteiger partial charge in [-0.1, -0.05) is 12.8 Å². The highest BCUT2D eigenvalue weighted by atomic mass is 16.2. The lowest BCUT2D eigenvalue weighted by atomic mass is 9.94. The van der Waals surface area contributed by atoms with Crippen molar-refractivity contribution in [2.24, 2.45) is 11.8 Å². The van der Waals surface area contributed by atoms with Crippen LogP contribution in [0, 0.1) is 11.8 Å². The second kappa shape index (κ2) is 5.17. The van der Waals surface area contributed by atoms with Crippen LogP contribution in [0.15, 0.2) is 0 Å². The second-order valence-electron chi connectivity index (χ2n) is 6.20. The molecule has 3 fully saturated rings. The first-order chi connectivity index (χ1) is 8.75. The van der Waals surface area contributed by atoms with Crippen molar-refractivity contribution >= 4 is 5.91 Å². The van der Waals surface area contributed by atoms with E-state index < -0.39 is 0 Å². The van der Waals surface area contributed by atoms with E-state index in [1.54, 1.807) is 0 Å². The quantitative estimate of drug-likeness (QED) is 0.795. The van der Waals surface area contributed by atoms with E-state index in [4.69, 9.17) is 0 Å². The minimum Gasteiger partial charge on any atom is -0.339 e. The molecule has 3 unspecified atom stereocenters. The molecule has 4 nitrogen and oxygen atoms in total. The molecule has 0 aromatic heterocycles. The van der Waals surface area contributed by atoms with Gasteiger partial charge in [0.1, 0.15) is 0 Å². The number of rotatable bonds is 3. The number of hydrogen-bond donors (Lipinski definition) is 1. The SMILES string of the molecule is CN(CC(=O)N1CCNCC1)C1CCCC2CC21. The van der Waals surface area contributed by atoms with Gasteiger partial charge in [-0.3, -0.25) is 9.69 Å². The lowest BCUT2D eigenvalue weighted by molar-refractivity contribution is -0.133. The van der Waals surface area contributed by atoms with E-state index in [2.05, 4.69) is 17.3 Å². The zero-order valence-electron chi connectivity index (χ0n) is 11.4. The fourth-order valence-corrected chi connectivity index (χ4v) is 3.77. The molecule has 0 bridgehead atoms. The zero-order valence-corrected chi connectivity index (χ0v) is 11.4. The van der Waals surface area contributed by atoms with Crippen molar-refractivity contribution in [2.45, 2.75) is 31.7 Å². The number of fused-ring (bicyclic) bond motifs is 1. The third-order valence-corrected chi connectivity index (χ3v) is 4.97. The van der Waals surface area contributed by atoms with Crippen molar-refractivity contribution in [1.29, 1.82) is 0 Å². The number of hydrogen-bond acceptors (Lipinski definition) is 3. The maximum Gasteiger partial charge on any atom is 0.236 e. The summed E-state index contributed by atoms with van der Waals surface area (Å²) in [4.78, 5) is 16.6. The first-order valence-electron chi connectivity index (χ1n) is 7.44. The van der Waals surface area contributed by atoms with E-state index in [1.165, 1.54) is 25.7 Å². The number of nitrogens with one attached hydrogen (secondary N) is 1. The summed E-state index contributed by atoms with van der Waals surface area (Å²) in [7, 11) is 2.14. The monoisotopic (exact) mass is 251 g/mol. The molecular formula is C14H25N3O. The molecule has 1 amide bonds. The topological polar surface area (TPSA) is 35.6 Å². The minimum absolute atomic E-state index is 0.321. The van der Waals surface area contributed by atoms with Crippen molar-refractivity contribution in [3.05, 3.63) is 0 Å². The smallest absolute Gasteiger partial charge is 0.236 e. The Labute approximate surface area is 110 Å². The zero-order chi connectivity index (χ0) is 12.5. The van der Waals surface area contributed by atoms with Gasteiger partial charge >= 0.3 is 0 Å². The number of carbonyl (C=O) groups excluding carboxylic acids is 1. The Morgan fingerprint density at radius 3 is 2.89 bits per heavy atom. The van der Waals surface area contributed by atoms with E-state index in [9.17, 15) is 4.79 Å². The number of likely N-dealkylation sites (N-methyl/N-ethyl adjacent to an activating group) is 1. The molecule has 2 aliphatic carbocycles. The molecule has 3 rings (SSSR count). The van der Waals surface area contributed by atoms with Crippen LogP contribution in [0.2, 0.25) is 0 Å². The maximum atomic E-state index is 12.2. The fraction of sp³-hybridized carbons (Fsp3) is 0.929. The lowest BCUT2D eigenvalue weighted by Crippen LogP contribution is -2.50. The predicted octanol–water partition coefficient (Wildman–Crippen LogP) is 0.539. The van der Waals surface area contributed by atoms with Gasteiger partial charge in [0.05, 0.1) is 6.54 Å². The van der Waals surface area contributed by atoms with Crippen LogP contribution in [0.3, 0.4) is 0 Å². The first kappa shape index (κ1) is 12.4. The molecule has 3 aliphatic rings. The van der Waals surface area contributed by atoms with Crippen molar-refractivity contribution in [3.63, 3.8) is 0 Å². The second-order valence-corrected chi connectivity index (χ2v) is 6.20. The van der Waals surface area contributed by atoms with Gasteiger partial charge in [0.15, 0.2) is 0 Å². The Hall–Kier alpha value is -0.610. The van der Waals surface area contributed by atoms with Crippen LogP contribution in [-0.4, -0.2) is 61.5 Å². The molecule has 0 spiro atoms. The molecule has 1 N–H and O–H groups in total. The Morgan fingerprint density at radius 1 is 1.33 bits per heavy atom. The normalized spacial score (nSPS) is 35.4. The van der Waals surface area contributed by atoms with Gasteiger partial charge in [0, 0.05) is 32.2 Å². The molecule has 4 heteroatoms. The highest BCUT2D eigenvalue weighted by molar-refractivity contribution is 5.78. The Balaban J connectivity index is 1.50. The number of piperazine rings is 1. The van der Waals surface area contributed by atoms with Gasteiger partial charge < -0.3 is 10.2 Å². The molecule has 3 atom stereocenters. The van der Waals surface area contributed by atoms with E-state index in [0.717, 1.165) is 38.0 Å². The summed E-state index contributed by atoms with van der Waals surface area (Å²) in [6.45, 7) is 4.27. The summed E-state index contributed by atoms with van der Waals surface area (Å²) in [6, 6.07) is 0.676. The largest absolute Gasteiger partial charge is 0.339 e. The Bertz CT molecular complexity index is 314. The van der Waals surface area contributed by atoms with E-state index in [1.807, 2.05) is 4.90 Å². The van der Waals surface area contributed by atoms with Crippen molar-refractivity contribution in [1.82, 2.24) is 15.1 Å². The number of nitrogens with zero attached hydrogens (tertiary/aromatic N) is 2. The van der Waals surface area contributed by atoms with Crippen molar-refractivity contribution < 1.29 is 4.79 Å². The van der Waals surface area contributed by atoms with Crippen LogP contribution in [0.1, 0.15) is 25.7 Å². The summed E-state index contributed by atoms with van der Waals surface area (Å²) < 4.78 is 0. The van der Waals surface area contributed by atoms with Crippen LogP contribution in [-0.2, 0) is 4.79 Å². The molecule has 1 saturated heterocycles. The van der Waals surface area contributed by atoms with Gasteiger partial charge in [-0.15, -0.1) is 0 Å². The van der Waals surface area contributed by atoms with Crippen LogP contribution in [0.4, 0.5) is 0 Å². The first-order valence-corrected chi connectivity index (χ1v) is 7.44.